The molecule has 0 fully saturated rings. The minimum absolute atomic E-state index is 0.204. The van der Waals surface area contributed by atoms with Crippen LogP contribution in [0.2, 0.25) is 0 Å². The molecule has 20 heavy (non-hydrogen) atoms. The van der Waals surface area contributed by atoms with Gasteiger partial charge in [-0.3, -0.25) is 4.79 Å². The monoisotopic (exact) mass is 289 g/mol. The molecule has 0 heterocycles. The summed E-state index contributed by atoms with van der Waals surface area (Å²) in [4.78, 5) is 23.8. The Balaban J connectivity index is 3.29. The summed E-state index contributed by atoms with van der Waals surface area (Å²) in [5, 5.41) is 9.14. The van der Waals surface area contributed by atoms with E-state index in [2.05, 4.69) is 0 Å². The third-order valence-corrected chi connectivity index (χ3v) is 2.81. The molecule has 0 unspecified atom stereocenters. The fourth-order valence-corrected chi connectivity index (χ4v) is 1.89. The van der Waals surface area contributed by atoms with Gasteiger partial charge in [0.05, 0.1) is 11.1 Å². The molecule has 0 aliphatic rings. The van der Waals surface area contributed by atoms with E-state index in [1.54, 1.807) is 0 Å². The van der Waals surface area contributed by atoms with Crippen molar-refractivity contribution in [2.24, 2.45) is 0 Å². The van der Waals surface area contributed by atoms with Crippen molar-refractivity contribution in [2.75, 3.05) is 13.6 Å². The lowest BCUT2D eigenvalue weighted by Crippen LogP contribution is -2.37. The van der Waals surface area contributed by atoms with Crippen molar-refractivity contribution < 1.29 is 27.9 Å². The van der Waals surface area contributed by atoms with Gasteiger partial charge in [0.2, 0.25) is 0 Å². The molecule has 110 valence electrons. The summed E-state index contributed by atoms with van der Waals surface area (Å²) in [6.07, 6.45) is -4.54. The first-order chi connectivity index (χ1) is 9.04. The molecule has 1 aromatic carbocycles. The van der Waals surface area contributed by atoms with Gasteiger partial charge < -0.3 is 10.0 Å². The molecule has 0 spiro atoms. The largest absolute Gasteiger partial charge is 0.478 e. The van der Waals surface area contributed by atoms with Crippen LogP contribution in [0, 0.1) is 13.8 Å². The number of halogens is 3. The summed E-state index contributed by atoms with van der Waals surface area (Å²) in [7, 11) is 0.989. The van der Waals surface area contributed by atoms with Gasteiger partial charge in [-0.1, -0.05) is 12.1 Å². The predicted octanol–water partition coefficient (Wildman–Crippen LogP) is 2.64. The number of hydrogen-bond acceptors (Lipinski definition) is 2. The molecular weight excluding hydrogens is 275 g/mol. The highest BCUT2D eigenvalue weighted by molar-refractivity contribution is 6.06. The maximum atomic E-state index is 12.3. The number of alkyl halides is 3. The molecule has 0 aromatic heterocycles. The Morgan fingerprint density at radius 1 is 1.15 bits per heavy atom. The average Bonchev–Trinajstić information content (AvgIpc) is 2.28. The maximum absolute atomic E-state index is 12.3. The number of rotatable bonds is 3. The van der Waals surface area contributed by atoms with E-state index in [1.165, 1.54) is 26.0 Å². The number of amides is 1. The highest BCUT2D eigenvalue weighted by Crippen LogP contribution is 2.22. The van der Waals surface area contributed by atoms with Crippen molar-refractivity contribution in [3.8, 4) is 0 Å². The van der Waals surface area contributed by atoms with Crippen LogP contribution in [-0.2, 0) is 0 Å². The molecular formula is C13H14F3NO3. The minimum Gasteiger partial charge on any atom is -0.478 e. The summed E-state index contributed by atoms with van der Waals surface area (Å²) in [6.45, 7) is 1.54. The standard InChI is InChI=1S/C13H14F3NO3/c1-7-4-5-8(2)10(12(19)20)9(7)11(18)17(3)6-13(14,15)16/h4-5H,6H2,1-3H3,(H,19,20). The lowest BCUT2D eigenvalue weighted by Gasteiger charge is -2.21. The highest BCUT2D eigenvalue weighted by atomic mass is 19.4. The number of hydrogen-bond donors (Lipinski definition) is 1. The van der Waals surface area contributed by atoms with Gasteiger partial charge in [0.25, 0.3) is 5.91 Å². The smallest absolute Gasteiger partial charge is 0.406 e. The van der Waals surface area contributed by atoms with Crippen molar-refractivity contribution >= 4 is 11.9 Å². The van der Waals surface area contributed by atoms with E-state index >= 15 is 0 Å². The van der Waals surface area contributed by atoms with E-state index < -0.39 is 24.6 Å². The Morgan fingerprint density at radius 2 is 1.60 bits per heavy atom. The number of aryl methyl sites for hydroxylation is 2. The SMILES string of the molecule is Cc1ccc(C)c(C(=O)N(C)CC(F)(F)F)c1C(=O)O. The Kier molecular flexibility index (Phi) is 4.42. The van der Waals surface area contributed by atoms with Crippen LogP contribution < -0.4 is 0 Å². The van der Waals surface area contributed by atoms with Crippen molar-refractivity contribution in [3.05, 3.63) is 34.4 Å². The quantitative estimate of drug-likeness (QED) is 0.930. The van der Waals surface area contributed by atoms with Gasteiger partial charge >= 0.3 is 12.1 Å². The van der Waals surface area contributed by atoms with Crippen LogP contribution in [0.15, 0.2) is 12.1 Å². The first-order valence-electron chi connectivity index (χ1n) is 5.70. The van der Waals surface area contributed by atoms with E-state index in [9.17, 15) is 22.8 Å². The van der Waals surface area contributed by atoms with E-state index in [0.29, 0.717) is 16.0 Å². The van der Waals surface area contributed by atoms with Crippen LogP contribution in [-0.4, -0.2) is 41.7 Å². The first kappa shape index (κ1) is 16.0. The molecule has 1 N–H and O–H groups in total. The van der Waals surface area contributed by atoms with Gasteiger partial charge in [-0.25, -0.2) is 4.79 Å². The Hall–Kier alpha value is -2.05. The Labute approximate surface area is 113 Å². The third kappa shape index (κ3) is 3.49. The van der Waals surface area contributed by atoms with Crippen molar-refractivity contribution in [3.63, 3.8) is 0 Å². The van der Waals surface area contributed by atoms with Crippen LogP contribution in [0.3, 0.4) is 0 Å². The Morgan fingerprint density at radius 3 is 2.00 bits per heavy atom. The van der Waals surface area contributed by atoms with Crippen molar-refractivity contribution in [2.45, 2.75) is 20.0 Å². The fraction of sp³-hybridized carbons (Fsp3) is 0.385. The van der Waals surface area contributed by atoms with Gasteiger partial charge in [-0.05, 0) is 25.0 Å². The average molecular weight is 289 g/mol. The van der Waals surface area contributed by atoms with Crippen LogP contribution >= 0.6 is 0 Å². The van der Waals surface area contributed by atoms with Crippen LogP contribution in [0.4, 0.5) is 13.2 Å². The van der Waals surface area contributed by atoms with E-state index in [0.717, 1.165) is 7.05 Å². The summed E-state index contributed by atoms with van der Waals surface area (Å²) < 4.78 is 36.9. The number of carboxylic acid groups (broad SMARTS) is 1. The van der Waals surface area contributed by atoms with Gasteiger partial charge in [0.1, 0.15) is 6.54 Å². The van der Waals surface area contributed by atoms with E-state index in [4.69, 9.17) is 5.11 Å². The van der Waals surface area contributed by atoms with Crippen molar-refractivity contribution in [1.82, 2.24) is 4.90 Å². The molecule has 0 aliphatic heterocycles. The lowest BCUT2D eigenvalue weighted by atomic mass is 9.96. The van der Waals surface area contributed by atoms with E-state index in [-0.39, 0.29) is 11.1 Å². The second-order valence-corrected chi connectivity index (χ2v) is 4.53. The number of carbonyl (C=O) groups excluding carboxylic acids is 1. The molecule has 0 aliphatic carbocycles. The molecule has 7 heteroatoms. The van der Waals surface area contributed by atoms with Gasteiger partial charge in [-0.15, -0.1) is 0 Å². The summed E-state index contributed by atoms with van der Waals surface area (Å²) in [5.41, 5.74) is 0.187. The summed E-state index contributed by atoms with van der Waals surface area (Å²) in [5.74, 6) is -2.30. The number of aromatic carboxylic acids is 1. The second kappa shape index (κ2) is 5.52. The normalized spacial score (nSPS) is 11.3. The second-order valence-electron chi connectivity index (χ2n) is 4.53. The Bertz CT molecular complexity index is 553. The van der Waals surface area contributed by atoms with Crippen molar-refractivity contribution in [1.29, 1.82) is 0 Å². The molecule has 1 amide bonds. The predicted molar refractivity (Wildman–Crippen MR) is 65.9 cm³/mol. The lowest BCUT2D eigenvalue weighted by molar-refractivity contribution is -0.138. The molecule has 0 saturated heterocycles. The third-order valence-electron chi connectivity index (χ3n) is 2.81. The highest BCUT2D eigenvalue weighted by Gasteiger charge is 2.33. The van der Waals surface area contributed by atoms with Crippen LogP contribution in [0.1, 0.15) is 31.8 Å². The van der Waals surface area contributed by atoms with Gasteiger partial charge in [0, 0.05) is 7.05 Å². The van der Waals surface area contributed by atoms with Crippen LogP contribution in [0.25, 0.3) is 0 Å². The first-order valence-corrected chi connectivity index (χ1v) is 5.70. The molecule has 0 radical (unpaired) electrons. The topological polar surface area (TPSA) is 57.6 Å². The summed E-state index contributed by atoms with van der Waals surface area (Å²) >= 11 is 0. The number of carbonyl (C=O) groups is 2. The zero-order chi connectivity index (χ0) is 15.7. The van der Waals surface area contributed by atoms with Gasteiger partial charge in [-0.2, -0.15) is 13.2 Å². The number of benzene rings is 1. The molecule has 1 aromatic rings. The molecule has 0 atom stereocenters. The number of carboxylic acids is 1. The molecule has 4 nitrogen and oxygen atoms in total. The number of nitrogens with zero attached hydrogens (tertiary/aromatic N) is 1. The van der Waals surface area contributed by atoms with Gasteiger partial charge in [0.15, 0.2) is 0 Å². The minimum atomic E-state index is -4.54. The molecule has 0 saturated carbocycles. The zero-order valence-electron chi connectivity index (χ0n) is 11.2. The molecule has 1 rings (SSSR count). The van der Waals surface area contributed by atoms with Crippen LogP contribution in [0.5, 0.6) is 0 Å². The maximum Gasteiger partial charge on any atom is 0.406 e. The molecule has 0 bridgehead atoms. The zero-order valence-corrected chi connectivity index (χ0v) is 11.2. The van der Waals surface area contributed by atoms with E-state index in [1.807, 2.05) is 0 Å². The fourth-order valence-electron chi connectivity index (χ4n) is 1.89. The summed E-state index contributed by atoms with van der Waals surface area (Å²) in [6, 6.07) is 3.02.